The number of nitrogens with zero attached hydrogens (tertiary/aromatic N) is 1. The third-order valence-corrected chi connectivity index (χ3v) is 3.10. The molecule has 0 aliphatic carbocycles. The number of aromatic amines is 1. The molecule has 2 aromatic rings. The summed E-state index contributed by atoms with van der Waals surface area (Å²) in [4.78, 5) is 0. The number of hydrogen-bond donors (Lipinski definition) is 1. The molecule has 0 bridgehead atoms. The first-order valence-electron chi connectivity index (χ1n) is 6.16. The summed E-state index contributed by atoms with van der Waals surface area (Å²) in [6.45, 7) is 3.66. The van der Waals surface area contributed by atoms with E-state index in [1.165, 1.54) is 30.1 Å². The highest BCUT2D eigenvalue weighted by Crippen LogP contribution is 2.35. The van der Waals surface area contributed by atoms with Gasteiger partial charge in [-0.2, -0.15) is 18.3 Å². The summed E-state index contributed by atoms with van der Waals surface area (Å²) < 4.78 is 53.9. The SMILES string of the molecule is CC(C)c1ccc(-c2c[n+](C)[nH]c2C(F)(F)F)cc1F. The van der Waals surface area contributed by atoms with Crippen molar-refractivity contribution in [2.75, 3.05) is 0 Å². The van der Waals surface area contributed by atoms with E-state index in [-0.39, 0.29) is 17.0 Å². The largest absolute Gasteiger partial charge is 0.437 e. The predicted octanol–water partition coefficient (Wildman–Crippen LogP) is 3.79. The van der Waals surface area contributed by atoms with Crippen molar-refractivity contribution in [3.8, 4) is 11.1 Å². The fourth-order valence-electron chi connectivity index (χ4n) is 2.12. The maximum atomic E-state index is 13.9. The van der Waals surface area contributed by atoms with Crippen LogP contribution in [0.4, 0.5) is 17.6 Å². The molecule has 0 aliphatic rings. The van der Waals surface area contributed by atoms with Crippen LogP contribution in [0.1, 0.15) is 31.0 Å². The van der Waals surface area contributed by atoms with Gasteiger partial charge in [-0.3, -0.25) is 0 Å². The van der Waals surface area contributed by atoms with Crippen molar-refractivity contribution in [2.45, 2.75) is 25.9 Å². The average Bonchev–Trinajstić information content (AvgIpc) is 2.70. The zero-order valence-corrected chi connectivity index (χ0v) is 11.3. The minimum Gasteiger partial charge on any atom is -0.207 e. The number of benzene rings is 1. The van der Waals surface area contributed by atoms with Gasteiger partial charge in [-0.15, -0.1) is 4.68 Å². The fourth-order valence-corrected chi connectivity index (χ4v) is 2.12. The van der Waals surface area contributed by atoms with Crippen LogP contribution in [-0.4, -0.2) is 5.10 Å². The maximum absolute atomic E-state index is 13.9. The standard InChI is InChI=1S/C14H14F4N2/c1-8(2)10-5-4-9(6-12(10)15)11-7-20(3)19-13(11)14(16,17)18/h4-8H,1-3H3/p+1. The Balaban J connectivity index is 2.55. The zero-order chi connectivity index (χ0) is 15.1. The van der Waals surface area contributed by atoms with Crippen molar-refractivity contribution >= 4 is 0 Å². The highest BCUT2D eigenvalue weighted by molar-refractivity contribution is 5.65. The van der Waals surface area contributed by atoms with Gasteiger partial charge in [0.05, 0.1) is 5.56 Å². The Morgan fingerprint density at radius 1 is 1.20 bits per heavy atom. The van der Waals surface area contributed by atoms with E-state index in [4.69, 9.17) is 0 Å². The fraction of sp³-hybridized carbons (Fsp3) is 0.357. The highest BCUT2D eigenvalue weighted by Gasteiger charge is 2.39. The van der Waals surface area contributed by atoms with Crippen molar-refractivity contribution < 1.29 is 22.2 Å². The number of halogens is 4. The van der Waals surface area contributed by atoms with Crippen molar-refractivity contribution in [3.63, 3.8) is 0 Å². The molecule has 1 aromatic carbocycles. The first kappa shape index (κ1) is 14.6. The molecule has 6 heteroatoms. The van der Waals surface area contributed by atoms with E-state index in [0.717, 1.165) is 6.07 Å². The van der Waals surface area contributed by atoms with Gasteiger partial charge in [0, 0.05) is 0 Å². The highest BCUT2D eigenvalue weighted by atomic mass is 19.4. The number of aromatic nitrogens is 2. The molecule has 0 radical (unpaired) electrons. The third kappa shape index (κ3) is 2.69. The first-order valence-corrected chi connectivity index (χ1v) is 6.16. The Labute approximate surface area is 114 Å². The second-order valence-corrected chi connectivity index (χ2v) is 5.03. The molecule has 0 spiro atoms. The molecule has 1 heterocycles. The predicted molar refractivity (Wildman–Crippen MR) is 66.5 cm³/mol. The third-order valence-electron chi connectivity index (χ3n) is 3.10. The van der Waals surface area contributed by atoms with Gasteiger partial charge in [0.2, 0.25) is 6.20 Å². The van der Waals surface area contributed by atoms with Gasteiger partial charge in [-0.25, -0.2) is 4.39 Å². The molecule has 0 amide bonds. The number of alkyl halides is 3. The summed E-state index contributed by atoms with van der Waals surface area (Å²) in [5.41, 5.74) is -0.246. The van der Waals surface area contributed by atoms with Gasteiger partial charge in [0.15, 0.2) is 12.7 Å². The van der Waals surface area contributed by atoms with E-state index < -0.39 is 17.7 Å². The maximum Gasteiger partial charge on any atom is 0.437 e. The molecule has 1 aromatic heterocycles. The summed E-state index contributed by atoms with van der Waals surface area (Å²) >= 11 is 0. The van der Waals surface area contributed by atoms with Crippen molar-refractivity contribution in [3.05, 3.63) is 41.5 Å². The lowest BCUT2D eigenvalue weighted by atomic mass is 9.98. The Bertz CT molecular complexity index is 627. The second kappa shape index (κ2) is 4.92. The molecule has 2 rings (SSSR count). The van der Waals surface area contributed by atoms with Crippen molar-refractivity contribution in [2.24, 2.45) is 7.05 Å². The molecule has 0 atom stereocenters. The van der Waals surface area contributed by atoms with Crippen LogP contribution in [0.25, 0.3) is 11.1 Å². The van der Waals surface area contributed by atoms with Gasteiger partial charge in [0.1, 0.15) is 5.82 Å². The Kier molecular flexibility index (Phi) is 3.58. The summed E-state index contributed by atoms with van der Waals surface area (Å²) in [5.74, 6) is -0.511. The van der Waals surface area contributed by atoms with E-state index in [2.05, 4.69) is 5.10 Å². The summed E-state index contributed by atoms with van der Waals surface area (Å²) in [5, 5.41) is 2.21. The number of aryl methyl sites for hydroxylation is 1. The van der Waals surface area contributed by atoms with Gasteiger partial charge >= 0.3 is 6.18 Å². The molecule has 108 valence electrons. The summed E-state index contributed by atoms with van der Waals surface area (Å²) in [7, 11) is 1.46. The van der Waals surface area contributed by atoms with Crippen molar-refractivity contribution in [1.82, 2.24) is 5.10 Å². The van der Waals surface area contributed by atoms with Crippen LogP contribution in [0.5, 0.6) is 0 Å². The number of H-pyrrole nitrogens is 1. The Morgan fingerprint density at radius 3 is 2.35 bits per heavy atom. The monoisotopic (exact) mass is 287 g/mol. The Morgan fingerprint density at radius 2 is 1.85 bits per heavy atom. The molecular formula is C14H15F4N2+. The number of nitrogens with one attached hydrogen (secondary N) is 1. The smallest absolute Gasteiger partial charge is 0.207 e. The Hall–Kier alpha value is -1.85. The lowest BCUT2D eigenvalue weighted by molar-refractivity contribution is -0.727. The summed E-state index contributed by atoms with van der Waals surface area (Å²) in [6.07, 6.45) is -3.21. The van der Waals surface area contributed by atoms with Crippen LogP contribution in [0, 0.1) is 5.82 Å². The van der Waals surface area contributed by atoms with Gasteiger partial charge in [-0.05, 0) is 23.1 Å². The molecule has 0 unspecified atom stereocenters. The molecule has 2 nitrogen and oxygen atoms in total. The van der Waals surface area contributed by atoms with Crippen LogP contribution < -0.4 is 4.68 Å². The van der Waals surface area contributed by atoms with Crippen LogP contribution >= 0.6 is 0 Å². The second-order valence-electron chi connectivity index (χ2n) is 5.03. The van der Waals surface area contributed by atoms with E-state index in [0.29, 0.717) is 5.56 Å². The van der Waals surface area contributed by atoms with E-state index in [1.807, 2.05) is 13.8 Å². The van der Waals surface area contributed by atoms with Crippen LogP contribution in [0.15, 0.2) is 24.4 Å². The minimum absolute atomic E-state index is 0.0199. The topological polar surface area (TPSA) is 19.7 Å². The first-order chi connectivity index (χ1) is 9.20. The zero-order valence-electron chi connectivity index (χ0n) is 11.3. The van der Waals surface area contributed by atoms with Gasteiger partial charge < -0.3 is 0 Å². The van der Waals surface area contributed by atoms with Gasteiger partial charge in [0.25, 0.3) is 0 Å². The number of hydrogen-bond acceptors (Lipinski definition) is 0. The molecule has 20 heavy (non-hydrogen) atoms. The minimum atomic E-state index is -4.51. The normalized spacial score (nSPS) is 12.2. The number of rotatable bonds is 2. The molecule has 1 N–H and O–H groups in total. The molecule has 0 fully saturated rings. The van der Waals surface area contributed by atoms with Crippen LogP contribution in [-0.2, 0) is 13.2 Å². The van der Waals surface area contributed by atoms with Crippen molar-refractivity contribution in [1.29, 1.82) is 0 Å². The van der Waals surface area contributed by atoms with Crippen LogP contribution in [0.3, 0.4) is 0 Å². The van der Waals surface area contributed by atoms with E-state index >= 15 is 0 Å². The van der Waals surface area contributed by atoms with E-state index in [1.54, 1.807) is 0 Å². The van der Waals surface area contributed by atoms with E-state index in [9.17, 15) is 17.6 Å². The quantitative estimate of drug-likeness (QED) is 0.640. The molecule has 0 saturated heterocycles. The lowest BCUT2D eigenvalue weighted by Gasteiger charge is -2.09. The lowest BCUT2D eigenvalue weighted by Crippen LogP contribution is -2.29. The van der Waals surface area contributed by atoms with Crippen LogP contribution in [0.2, 0.25) is 0 Å². The molecule has 0 saturated carbocycles. The van der Waals surface area contributed by atoms with Gasteiger partial charge in [-0.1, -0.05) is 26.0 Å². The molecular weight excluding hydrogens is 272 g/mol. The molecule has 0 aliphatic heterocycles. The average molecular weight is 287 g/mol. The summed E-state index contributed by atoms with van der Waals surface area (Å²) in [6, 6.07) is 4.19.